The molecule has 0 aromatic heterocycles. The van der Waals surface area contributed by atoms with Crippen molar-refractivity contribution in [2.24, 2.45) is 5.92 Å². The van der Waals surface area contributed by atoms with E-state index >= 15 is 0 Å². The van der Waals surface area contributed by atoms with Gasteiger partial charge in [-0.3, -0.25) is 4.79 Å². The summed E-state index contributed by atoms with van der Waals surface area (Å²) in [5.74, 6) is 0.118. The van der Waals surface area contributed by atoms with Crippen LogP contribution in [0.25, 0.3) is 0 Å². The molecule has 0 bridgehead atoms. The number of carbonyl (C=O) groups excluding carboxylic acids is 2. The Labute approximate surface area is 161 Å². The molecule has 26 heavy (non-hydrogen) atoms. The molecule has 1 heterocycles. The molecule has 0 spiro atoms. The molecule has 1 fully saturated rings. The minimum atomic E-state index is -0.499. The number of halogens is 1. The summed E-state index contributed by atoms with van der Waals surface area (Å²) >= 11 is 5.92. The van der Waals surface area contributed by atoms with Crippen molar-refractivity contribution in [1.82, 2.24) is 9.80 Å². The average molecular weight is 381 g/mol. The lowest BCUT2D eigenvalue weighted by Crippen LogP contribution is -2.45. The Hall–Kier alpha value is -1.75. The summed E-state index contributed by atoms with van der Waals surface area (Å²) in [6.07, 6.45) is 1.06. The number of carbonyl (C=O) groups is 2. The first-order valence-electron chi connectivity index (χ1n) is 9.20. The molecule has 2 rings (SSSR count). The SMILES string of the molecule is CCN(Cc1ccc(Cl)cc1)C(=O)C1CCN(C(=O)OC(C)(C)C)CC1. The number of piperidine rings is 1. The number of hydrogen-bond acceptors (Lipinski definition) is 3. The van der Waals surface area contributed by atoms with Crippen LogP contribution in [-0.2, 0) is 16.1 Å². The summed E-state index contributed by atoms with van der Waals surface area (Å²) in [7, 11) is 0. The normalized spacial score (nSPS) is 15.7. The molecule has 2 amide bonds. The van der Waals surface area contributed by atoms with Gasteiger partial charge in [-0.05, 0) is 58.2 Å². The fraction of sp³-hybridized carbons (Fsp3) is 0.600. The highest BCUT2D eigenvalue weighted by atomic mass is 35.5. The van der Waals surface area contributed by atoms with E-state index < -0.39 is 5.60 Å². The molecule has 1 aliphatic rings. The molecule has 5 nitrogen and oxygen atoms in total. The Kier molecular flexibility index (Phi) is 6.93. The Bertz CT molecular complexity index is 617. The van der Waals surface area contributed by atoms with Crippen molar-refractivity contribution in [3.05, 3.63) is 34.9 Å². The molecule has 6 heteroatoms. The third-order valence-corrected chi connectivity index (χ3v) is 4.73. The van der Waals surface area contributed by atoms with Gasteiger partial charge < -0.3 is 14.5 Å². The van der Waals surface area contributed by atoms with Crippen LogP contribution in [0.4, 0.5) is 4.79 Å². The third kappa shape index (κ3) is 5.90. The van der Waals surface area contributed by atoms with Crippen LogP contribution in [0.1, 0.15) is 46.1 Å². The Morgan fingerprint density at radius 2 is 1.77 bits per heavy atom. The molecule has 0 atom stereocenters. The molecule has 1 aromatic rings. The van der Waals surface area contributed by atoms with E-state index in [-0.39, 0.29) is 17.9 Å². The molecule has 0 radical (unpaired) electrons. The van der Waals surface area contributed by atoms with Crippen LogP contribution in [-0.4, -0.2) is 47.0 Å². The summed E-state index contributed by atoms with van der Waals surface area (Å²) in [5, 5.41) is 0.692. The highest BCUT2D eigenvalue weighted by Crippen LogP contribution is 2.22. The van der Waals surface area contributed by atoms with Crippen LogP contribution in [0.2, 0.25) is 5.02 Å². The third-order valence-electron chi connectivity index (χ3n) is 4.48. The largest absolute Gasteiger partial charge is 0.444 e. The minimum absolute atomic E-state index is 0.0408. The first-order valence-corrected chi connectivity index (χ1v) is 9.58. The van der Waals surface area contributed by atoms with Crippen LogP contribution in [0.3, 0.4) is 0 Å². The predicted octanol–water partition coefficient (Wildman–Crippen LogP) is 4.34. The number of ether oxygens (including phenoxy) is 1. The van der Waals surface area contributed by atoms with Gasteiger partial charge >= 0.3 is 6.09 Å². The Morgan fingerprint density at radius 1 is 1.19 bits per heavy atom. The standard InChI is InChI=1S/C20H29ClN2O3/c1-5-22(14-15-6-8-17(21)9-7-15)18(24)16-10-12-23(13-11-16)19(25)26-20(2,3)4/h6-9,16H,5,10-14H2,1-4H3. The van der Waals surface area contributed by atoms with Crippen LogP contribution in [0, 0.1) is 5.92 Å². The maximum Gasteiger partial charge on any atom is 0.410 e. The molecule has 1 aromatic carbocycles. The zero-order valence-corrected chi connectivity index (χ0v) is 16.9. The molecular formula is C20H29ClN2O3. The van der Waals surface area contributed by atoms with Crippen molar-refractivity contribution in [1.29, 1.82) is 0 Å². The number of nitrogens with zero attached hydrogens (tertiary/aromatic N) is 2. The van der Waals surface area contributed by atoms with E-state index in [2.05, 4.69) is 0 Å². The molecule has 0 saturated carbocycles. The second-order valence-electron chi connectivity index (χ2n) is 7.72. The lowest BCUT2D eigenvalue weighted by molar-refractivity contribution is -0.137. The van der Waals surface area contributed by atoms with E-state index in [1.165, 1.54) is 0 Å². The second kappa shape index (κ2) is 8.76. The van der Waals surface area contributed by atoms with Crippen molar-refractivity contribution < 1.29 is 14.3 Å². The zero-order chi connectivity index (χ0) is 19.3. The predicted molar refractivity (Wildman–Crippen MR) is 103 cm³/mol. The Morgan fingerprint density at radius 3 is 2.27 bits per heavy atom. The molecule has 1 aliphatic heterocycles. The van der Waals surface area contributed by atoms with E-state index in [1.54, 1.807) is 4.90 Å². The molecule has 144 valence electrons. The van der Waals surface area contributed by atoms with E-state index in [9.17, 15) is 9.59 Å². The van der Waals surface area contributed by atoms with Gasteiger partial charge in [0.05, 0.1) is 0 Å². The fourth-order valence-electron chi connectivity index (χ4n) is 3.05. The van der Waals surface area contributed by atoms with Crippen molar-refractivity contribution in [2.75, 3.05) is 19.6 Å². The quantitative estimate of drug-likeness (QED) is 0.780. The van der Waals surface area contributed by atoms with Gasteiger partial charge in [0, 0.05) is 37.1 Å². The van der Waals surface area contributed by atoms with E-state index in [1.807, 2.05) is 56.9 Å². The van der Waals surface area contributed by atoms with Crippen LogP contribution >= 0.6 is 11.6 Å². The zero-order valence-electron chi connectivity index (χ0n) is 16.1. The van der Waals surface area contributed by atoms with Crippen LogP contribution in [0.15, 0.2) is 24.3 Å². The molecule has 1 saturated heterocycles. The van der Waals surface area contributed by atoms with E-state index in [0.717, 1.165) is 5.56 Å². The number of rotatable bonds is 4. The molecule has 0 unspecified atom stereocenters. The topological polar surface area (TPSA) is 49.9 Å². The summed E-state index contributed by atoms with van der Waals surface area (Å²) in [6, 6.07) is 7.58. The number of amides is 2. The molecular weight excluding hydrogens is 352 g/mol. The maximum atomic E-state index is 12.9. The number of benzene rings is 1. The molecule has 0 N–H and O–H groups in total. The van der Waals surface area contributed by atoms with Gasteiger partial charge in [0.15, 0.2) is 0 Å². The van der Waals surface area contributed by atoms with Gasteiger partial charge in [-0.15, -0.1) is 0 Å². The van der Waals surface area contributed by atoms with Gasteiger partial charge in [0.2, 0.25) is 5.91 Å². The minimum Gasteiger partial charge on any atom is -0.444 e. The van der Waals surface area contributed by atoms with Gasteiger partial charge in [-0.2, -0.15) is 0 Å². The lowest BCUT2D eigenvalue weighted by Gasteiger charge is -2.35. The van der Waals surface area contributed by atoms with Crippen molar-refractivity contribution in [2.45, 2.75) is 52.7 Å². The first kappa shape index (κ1) is 20.6. The fourth-order valence-corrected chi connectivity index (χ4v) is 3.18. The Balaban J connectivity index is 1.89. The van der Waals surface area contributed by atoms with Crippen LogP contribution < -0.4 is 0 Å². The summed E-state index contributed by atoms with van der Waals surface area (Å²) in [6.45, 7) is 9.93. The highest BCUT2D eigenvalue weighted by Gasteiger charge is 2.31. The van der Waals surface area contributed by atoms with Gasteiger partial charge in [-0.25, -0.2) is 4.79 Å². The molecule has 0 aliphatic carbocycles. The average Bonchev–Trinajstić information content (AvgIpc) is 2.59. The summed E-state index contributed by atoms with van der Waals surface area (Å²) in [4.78, 5) is 28.6. The highest BCUT2D eigenvalue weighted by molar-refractivity contribution is 6.30. The monoisotopic (exact) mass is 380 g/mol. The van der Waals surface area contributed by atoms with Crippen molar-refractivity contribution >= 4 is 23.6 Å². The smallest absolute Gasteiger partial charge is 0.410 e. The number of hydrogen-bond donors (Lipinski definition) is 0. The number of likely N-dealkylation sites (tertiary alicyclic amines) is 1. The van der Waals surface area contributed by atoms with E-state index in [4.69, 9.17) is 16.3 Å². The van der Waals surface area contributed by atoms with Crippen molar-refractivity contribution in [3.63, 3.8) is 0 Å². The summed E-state index contributed by atoms with van der Waals surface area (Å²) < 4.78 is 5.41. The first-order chi connectivity index (χ1) is 12.2. The lowest BCUT2D eigenvalue weighted by atomic mass is 9.95. The maximum absolute atomic E-state index is 12.9. The van der Waals surface area contributed by atoms with Crippen molar-refractivity contribution in [3.8, 4) is 0 Å². The summed E-state index contributed by atoms with van der Waals surface area (Å²) in [5.41, 5.74) is 0.567. The second-order valence-corrected chi connectivity index (χ2v) is 8.16. The van der Waals surface area contributed by atoms with Gasteiger partial charge in [-0.1, -0.05) is 23.7 Å². The van der Waals surface area contributed by atoms with Gasteiger partial charge in [0.25, 0.3) is 0 Å². The van der Waals surface area contributed by atoms with Gasteiger partial charge in [0.1, 0.15) is 5.60 Å². The van der Waals surface area contributed by atoms with E-state index in [0.29, 0.717) is 44.0 Å². The van der Waals surface area contributed by atoms with Crippen LogP contribution in [0.5, 0.6) is 0 Å².